The van der Waals surface area contributed by atoms with Crippen molar-refractivity contribution in [2.45, 2.75) is 6.61 Å². The highest BCUT2D eigenvalue weighted by Gasteiger charge is 2.07. The molecule has 0 fully saturated rings. The molecule has 3 rings (SSSR count). The van der Waals surface area contributed by atoms with E-state index in [2.05, 4.69) is 10.5 Å². The number of rotatable bonds is 7. The number of ether oxygens (including phenoxy) is 2. The second kappa shape index (κ2) is 9.61. The van der Waals surface area contributed by atoms with Crippen LogP contribution in [0.5, 0.6) is 17.2 Å². The summed E-state index contributed by atoms with van der Waals surface area (Å²) in [5.41, 5.74) is 4.50. The van der Waals surface area contributed by atoms with Gasteiger partial charge in [0.25, 0.3) is 5.91 Å². The molecule has 0 aliphatic heterocycles. The normalized spacial score (nSPS) is 10.7. The van der Waals surface area contributed by atoms with Crippen LogP contribution in [-0.4, -0.2) is 24.3 Å². The molecule has 0 spiro atoms. The number of aromatic hydroxyl groups is 1. The number of amides is 1. The quantitative estimate of drug-likeness (QED) is 0.447. The minimum Gasteiger partial charge on any atom is -0.508 e. The Morgan fingerprint density at radius 1 is 1.10 bits per heavy atom. The van der Waals surface area contributed by atoms with E-state index < -0.39 is 0 Å². The van der Waals surface area contributed by atoms with Crippen LogP contribution in [-0.2, 0) is 6.61 Å². The highest BCUT2D eigenvalue weighted by Crippen LogP contribution is 2.28. The molecule has 29 heavy (non-hydrogen) atoms. The molecule has 148 valence electrons. The maximum atomic E-state index is 12.0. The molecule has 3 aromatic rings. The number of nitrogens with one attached hydrogen (secondary N) is 1. The monoisotopic (exact) mass is 410 g/mol. The van der Waals surface area contributed by atoms with E-state index in [1.54, 1.807) is 31.4 Å². The van der Waals surface area contributed by atoms with Gasteiger partial charge in [-0.2, -0.15) is 5.10 Å². The van der Waals surface area contributed by atoms with Crippen LogP contribution < -0.4 is 14.9 Å². The maximum Gasteiger partial charge on any atom is 0.271 e. The number of halogens is 1. The summed E-state index contributed by atoms with van der Waals surface area (Å²) in [6.45, 7) is 0.354. The number of hydrazone groups is 1. The first-order chi connectivity index (χ1) is 14.0. The molecule has 7 heteroatoms. The largest absolute Gasteiger partial charge is 0.508 e. The van der Waals surface area contributed by atoms with Crippen LogP contribution in [0.1, 0.15) is 21.5 Å². The Hall–Kier alpha value is -3.51. The number of methoxy groups -OCH3 is 1. The van der Waals surface area contributed by atoms with E-state index in [0.717, 1.165) is 11.1 Å². The fraction of sp³-hybridized carbons (Fsp3) is 0.0909. The molecule has 2 N–H and O–H groups in total. The van der Waals surface area contributed by atoms with Crippen molar-refractivity contribution in [3.05, 3.63) is 88.4 Å². The van der Waals surface area contributed by atoms with Gasteiger partial charge in [0.2, 0.25) is 0 Å². The van der Waals surface area contributed by atoms with E-state index in [4.69, 9.17) is 21.1 Å². The molecule has 0 unspecified atom stereocenters. The van der Waals surface area contributed by atoms with Gasteiger partial charge in [-0.25, -0.2) is 5.43 Å². The average molecular weight is 411 g/mol. The minimum atomic E-state index is -0.380. The van der Waals surface area contributed by atoms with Crippen molar-refractivity contribution in [3.63, 3.8) is 0 Å². The zero-order valence-corrected chi connectivity index (χ0v) is 16.4. The van der Waals surface area contributed by atoms with Crippen molar-refractivity contribution in [1.29, 1.82) is 0 Å². The first-order valence-electron chi connectivity index (χ1n) is 8.73. The number of benzene rings is 3. The number of phenols is 1. The Morgan fingerprint density at radius 3 is 2.62 bits per heavy atom. The van der Waals surface area contributed by atoms with Crippen molar-refractivity contribution in [3.8, 4) is 17.2 Å². The summed E-state index contributed by atoms with van der Waals surface area (Å²) in [4.78, 5) is 12.0. The van der Waals surface area contributed by atoms with Gasteiger partial charge in [-0.3, -0.25) is 4.79 Å². The molecule has 0 heterocycles. The van der Waals surface area contributed by atoms with Crippen LogP contribution >= 0.6 is 11.6 Å². The van der Waals surface area contributed by atoms with E-state index in [9.17, 15) is 9.90 Å². The van der Waals surface area contributed by atoms with Gasteiger partial charge in [0.1, 0.15) is 12.4 Å². The predicted octanol–water partition coefficient (Wildman–Crippen LogP) is 4.40. The number of hydrogen-bond donors (Lipinski definition) is 2. The van der Waals surface area contributed by atoms with Crippen LogP contribution in [0.25, 0.3) is 0 Å². The Balaban J connectivity index is 1.62. The number of hydrogen-bond acceptors (Lipinski definition) is 5. The second-order valence-electron chi connectivity index (χ2n) is 6.07. The van der Waals surface area contributed by atoms with Gasteiger partial charge in [-0.05, 0) is 65.7 Å². The first-order valence-corrected chi connectivity index (χ1v) is 9.10. The van der Waals surface area contributed by atoms with E-state index in [0.29, 0.717) is 28.7 Å². The van der Waals surface area contributed by atoms with Gasteiger partial charge in [0.15, 0.2) is 11.5 Å². The molecule has 1 amide bonds. The smallest absolute Gasteiger partial charge is 0.271 e. The molecular weight excluding hydrogens is 392 g/mol. The van der Waals surface area contributed by atoms with Gasteiger partial charge in [-0.1, -0.05) is 23.7 Å². The molecule has 0 aliphatic carbocycles. The van der Waals surface area contributed by atoms with Crippen LogP contribution in [0.3, 0.4) is 0 Å². The molecular formula is C22H19ClN2O4. The highest BCUT2D eigenvalue weighted by atomic mass is 35.5. The van der Waals surface area contributed by atoms with Gasteiger partial charge >= 0.3 is 0 Å². The standard InChI is InChI=1S/C22H19ClN2O4/c1-28-21-12-15(13-24-25-22(27)17-6-8-19(26)9-7-17)5-10-20(21)29-14-16-3-2-4-18(23)11-16/h2-13,26H,14H2,1H3,(H,25,27)/b24-13+. The van der Waals surface area contributed by atoms with E-state index in [-0.39, 0.29) is 11.7 Å². The average Bonchev–Trinajstić information content (AvgIpc) is 2.73. The van der Waals surface area contributed by atoms with Gasteiger partial charge in [0.05, 0.1) is 13.3 Å². The Bertz CT molecular complexity index is 1020. The summed E-state index contributed by atoms with van der Waals surface area (Å²) in [7, 11) is 1.55. The van der Waals surface area contributed by atoms with Crippen molar-refractivity contribution in [1.82, 2.24) is 5.43 Å². The van der Waals surface area contributed by atoms with Crippen LogP contribution in [0.4, 0.5) is 0 Å². The zero-order valence-electron chi connectivity index (χ0n) is 15.6. The summed E-state index contributed by atoms with van der Waals surface area (Å²) in [5.74, 6) is 0.836. The molecule has 0 atom stereocenters. The maximum absolute atomic E-state index is 12.0. The van der Waals surface area contributed by atoms with Gasteiger partial charge in [-0.15, -0.1) is 0 Å². The number of phenolic OH excluding ortho intramolecular Hbond substituents is 1. The molecule has 0 saturated heterocycles. The lowest BCUT2D eigenvalue weighted by Gasteiger charge is -2.11. The summed E-state index contributed by atoms with van der Waals surface area (Å²) in [6, 6.07) is 18.6. The van der Waals surface area contributed by atoms with E-state index >= 15 is 0 Å². The summed E-state index contributed by atoms with van der Waals surface area (Å²) in [5, 5.41) is 13.9. The predicted molar refractivity (Wildman–Crippen MR) is 112 cm³/mol. The van der Waals surface area contributed by atoms with Crippen molar-refractivity contribution in [2.24, 2.45) is 5.10 Å². The van der Waals surface area contributed by atoms with Crippen LogP contribution in [0, 0.1) is 0 Å². The fourth-order valence-corrected chi connectivity index (χ4v) is 2.73. The zero-order chi connectivity index (χ0) is 20.6. The minimum absolute atomic E-state index is 0.0924. The lowest BCUT2D eigenvalue weighted by molar-refractivity contribution is 0.0955. The van der Waals surface area contributed by atoms with E-state index in [1.807, 2.05) is 18.2 Å². The third kappa shape index (κ3) is 5.73. The molecule has 6 nitrogen and oxygen atoms in total. The fourth-order valence-electron chi connectivity index (χ4n) is 2.51. The van der Waals surface area contributed by atoms with Crippen molar-refractivity contribution >= 4 is 23.7 Å². The number of nitrogens with zero attached hydrogens (tertiary/aromatic N) is 1. The molecule has 0 radical (unpaired) electrons. The second-order valence-corrected chi connectivity index (χ2v) is 6.51. The highest BCUT2D eigenvalue weighted by molar-refractivity contribution is 6.30. The van der Waals surface area contributed by atoms with Gasteiger partial charge in [0, 0.05) is 10.6 Å². The molecule has 3 aromatic carbocycles. The molecule has 0 aliphatic rings. The Labute approximate surface area is 173 Å². The third-order valence-corrected chi connectivity index (χ3v) is 4.22. The topological polar surface area (TPSA) is 80.2 Å². The summed E-state index contributed by atoms with van der Waals surface area (Å²) < 4.78 is 11.2. The van der Waals surface area contributed by atoms with E-state index in [1.165, 1.54) is 30.5 Å². The lowest BCUT2D eigenvalue weighted by Crippen LogP contribution is -2.17. The lowest BCUT2D eigenvalue weighted by atomic mass is 10.2. The Morgan fingerprint density at radius 2 is 1.90 bits per heavy atom. The van der Waals surface area contributed by atoms with Gasteiger partial charge < -0.3 is 14.6 Å². The molecule has 0 saturated carbocycles. The first kappa shape index (κ1) is 20.2. The summed E-state index contributed by atoms with van der Waals surface area (Å²) in [6.07, 6.45) is 1.50. The third-order valence-electron chi connectivity index (χ3n) is 3.98. The number of carbonyl (C=O) groups is 1. The molecule has 0 aromatic heterocycles. The Kier molecular flexibility index (Phi) is 6.71. The SMILES string of the molecule is COc1cc(/C=N/NC(=O)c2ccc(O)cc2)ccc1OCc1cccc(Cl)c1. The summed E-state index contributed by atoms with van der Waals surface area (Å²) >= 11 is 5.99. The van der Waals surface area contributed by atoms with Crippen molar-refractivity contribution in [2.75, 3.05) is 7.11 Å². The molecule has 0 bridgehead atoms. The van der Waals surface area contributed by atoms with Crippen LogP contribution in [0.2, 0.25) is 5.02 Å². The van der Waals surface area contributed by atoms with Crippen molar-refractivity contribution < 1.29 is 19.4 Å². The number of carbonyl (C=O) groups excluding carboxylic acids is 1. The van der Waals surface area contributed by atoms with Crippen LogP contribution in [0.15, 0.2) is 71.8 Å².